The molecule has 0 bridgehead atoms. The normalized spacial score (nSPS) is 10.1. The molecule has 4 nitrogen and oxygen atoms in total. The molecule has 0 aliphatic carbocycles. The average Bonchev–Trinajstić information content (AvgIpc) is 2.43. The Labute approximate surface area is 116 Å². The molecule has 0 unspecified atom stereocenters. The molecule has 0 aliphatic rings. The maximum atomic E-state index is 5.88. The van der Waals surface area contributed by atoms with E-state index in [9.17, 15) is 0 Å². The summed E-state index contributed by atoms with van der Waals surface area (Å²) in [5, 5.41) is 0.370. The molecular weight excluding hydrogens is 266 g/mol. The SMILES string of the molecule is COc1cccc(OC)c1Oc1cc(Cl)ncc1C. The lowest BCUT2D eigenvalue weighted by molar-refractivity contribution is 0.345. The Balaban J connectivity index is 2.45. The summed E-state index contributed by atoms with van der Waals surface area (Å²) in [5.74, 6) is 2.30. The van der Waals surface area contributed by atoms with Gasteiger partial charge in [-0.25, -0.2) is 4.98 Å². The van der Waals surface area contributed by atoms with Gasteiger partial charge in [0.2, 0.25) is 5.75 Å². The number of ether oxygens (including phenoxy) is 3. The third kappa shape index (κ3) is 2.90. The predicted molar refractivity (Wildman–Crippen MR) is 73.6 cm³/mol. The van der Waals surface area contributed by atoms with Crippen LogP contribution in [-0.4, -0.2) is 19.2 Å². The molecule has 1 aromatic heterocycles. The summed E-state index contributed by atoms with van der Waals surface area (Å²) in [6.45, 7) is 1.89. The number of para-hydroxylation sites is 1. The van der Waals surface area contributed by atoms with Gasteiger partial charge >= 0.3 is 0 Å². The molecule has 1 heterocycles. The lowest BCUT2D eigenvalue weighted by atomic mass is 10.2. The van der Waals surface area contributed by atoms with E-state index in [1.54, 1.807) is 38.6 Å². The summed E-state index contributed by atoms with van der Waals surface area (Å²) in [5.41, 5.74) is 0.873. The first-order chi connectivity index (χ1) is 9.15. The van der Waals surface area contributed by atoms with Gasteiger partial charge in [-0.3, -0.25) is 0 Å². The van der Waals surface area contributed by atoms with Crippen molar-refractivity contribution in [2.24, 2.45) is 0 Å². The van der Waals surface area contributed by atoms with Crippen LogP contribution >= 0.6 is 11.6 Å². The van der Waals surface area contributed by atoms with Gasteiger partial charge in [-0.15, -0.1) is 0 Å². The number of benzene rings is 1. The second kappa shape index (κ2) is 5.80. The van der Waals surface area contributed by atoms with Crippen LogP contribution in [0.5, 0.6) is 23.0 Å². The number of hydrogen-bond acceptors (Lipinski definition) is 4. The van der Waals surface area contributed by atoms with E-state index in [0.29, 0.717) is 28.2 Å². The van der Waals surface area contributed by atoms with Crippen LogP contribution in [0.2, 0.25) is 5.15 Å². The number of hydrogen-bond donors (Lipinski definition) is 0. The molecule has 2 aromatic rings. The molecule has 0 aliphatic heterocycles. The number of rotatable bonds is 4. The largest absolute Gasteiger partial charge is 0.493 e. The number of nitrogens with zero attached hydrogens (tertiary/aromatic N) is 1. The Bertz CT molecular complexity index is 565. The fraction of sp³-hybridized carbons (Fsp3) is 0.214. The summed E-state index contributed by atoms with van der Waals surface area (Å²) in [6, 6.07) is 7.09. The van der Waals surface area contributed by atoms with Crippen molar-refractivity contribution in [2.45, 2.75) is 6.92 Å². The lowest BCUT2D eigenvalue weighted by Gasteiger charge is -2.15. The van der Waals surface area contributed by atoms with Crippen molar-refractivity contribution < 1.29 is 14.2 Å². The van der Waals surface area contributed by atoms with Crippen LogP contribution in [0.3, 0.4) is 0 Å². The number of methoxy groups -OCH3 is 2. The van der Waals surface area contributed by atoms with Crippen molar-refractivity contribution in [2.75, 3.05) is 14.2 Å². The zero-order chi connectivity index (χ0) is 13.8. The molecule has 0 spiro atoms. The number of pyridine rings is 1. The van der Waals surface area contributed by atoms with E-state index in [4.69, 9.17) is 25.8 Å². The first-order valence-electron chi connectivity index (χ1n) is 5.66. The highest BCUT2D eigenvalue weighted by Crippen LogP contribution is 2.40. The quantitative estimate of drug-likeness (QED) is 0.797. The van der Waals surface area contributed by atoms with Gasteiger partial charge in [-0.1, -0.05) is 17.7 Å². The van der Waals surface area contributed by atoms with Gasteiger partial charge in [0.15, 0.2) is 11.5 Å². The Morgan fingerprint density at radius 1 is 1.05 bits per heavy atom. The molecule has 5 heteroatoms. The number of halogens is 1. The van der Waals surface area contributed by atoms with Gasteiger partial charge in [0.25, 0.3) is 0 Å². The van der Waals surface area contributed by atoms with Crippen molar-refractivity contribution in [1.29, 1.82) is 0 Å². The molecule has 0 fully saturated rings. The van der Waals surface area contributed by atoms with Crippen molar-refractivity contribution >= 4 is 11.6 Å². The van der Waals surface area contributed by atoms with Crippen molar-refractivity contribution in [3.8, 4) is 23.0 Å². The molecule has 0 atom stereocenters. The van der Waals surface area contributed by atoms with Crippen molar-refractivity contribution in [1.82, 2.24) is 4.98 Å². The topological polar surface area (TPSA) is 40.6 Å². The Morgan fingerprint density at radius 3 is 2.26 bits per heavy atom. The average molecular weight is 280 g/mol. The van der Waals surface area contributed by atoms with E-state index >= 15 is 0 Å². The van der Waals surface area contributed by atoms with Gasteiger partial charge in [0, 0.05) is 17.8 Å². The zero-order valence-corrected chi connectivity index (χ0v) is 11.7. The Morgan fingerprint density at radius 2 is 1.68 bits per heavy atom. The van der Waals surface area contributed by atoms with Crippen LogP contribution in [0.25, 0.3) is 0 Å². The highest BCUT2D eigenvalue weighted by atomic mass is 35.5. The van der Waals surface area contributed by atoms with E-state index < -0.39 is 0 Å². The van der Waals surface area contributed by atoms with Crippen LogP contribution in [0, 0.1) is 6.92 Å². The van der Waals surface area contributed by atoms with E-state index in [-0.39, 0.29) is 0 Å². The highest BCUT2D eigenvalue weighted by molar-refractivity contribution is 6.29. The molecule has 2 rings (SSSR count). The number of aromatic nitrogens is 1. The van der Waals surface area contributed by atoms with E-state index in [1.807, 2.05) is 13.0 Å². The third-order valence-electron chi connectivity index (χ3n) is 2.62. The molecule has 0 radical (unpaired) electrons. The highest BCUT2D eigenvalue weighted by Gasteiger charge is 2.14. The van der Waals surface area contributed by atoms with Gasteiger partial charge in [-0.05, 0) is 19.1 Å². The van der Waals surface area contributed by atoms with Crippen LogP contribution < -0.4 is 14.2 Å². The summed E-state index contributed by atoms with van der Waals surface area (Å²) in [7, 11) is 3.15. The van der Waals surface area contributed by atoms with Crippen LogP contribution in [-0.2, 0) is 0 Å². The van der Waals surface area contributed by atoms with Crippen LogP contribution in [0.15, 0.2) is 30.5 Å². The van der Waals surface area contributed by atoms with Gasteiger partial charge < -0.3 is 14.2 Å². The van der Waals surface area contributed by atoms with E-state index in [0.717, 1.165) is 5.56 Å². The van der Waals surface area contributed by atoms with Crippen LogP contribution in [0.1, 0.15) is 5.56 Å². The van der Waals surface area contributed by atoms with Crippen molar-refractivity contribution in [3.05, 3.63) is 41.2 Å². The Kier molecular flexibility index (Phi) is 4.12. The fourth-order valence-electron chi connectivity index (χ4n) is 1.62. The Hall–Kier alpha value is -1.94. The first-order valence-corrected chi connectivity index (χ1v) is 6.04. The second-order valence-electron chi connectivity index (χ2n) is 3.87. The lowest BCUT2D eigenvalue weighted by Crippen LogP contribution is -1.96. The number of aryl methyl sites for hydroxylation is 1. The zero-order valence-electron chi connectivity index (χ0n) is 10.9. The predicted octanol–water partition coefficient (Wildman–Crippen LogP) is 3.85. The molecule has 1 aromatic carbocycles. The van der Waals surface area contributed by atoms with Crippen LogP contribution in [0.4, 0.5) is 0 Å². The summed E-state index contributed by atoms with van der Waals surface area (Å²) < 4.78 is 16.4. The summed E-state index contributed by atoms with van der Waals surface area (Å²) in [6.07, 6.45) is 1.65. The monoisotopic (exact) mass is 279 g/mol. The van der Waals surface area contributed by atoms with E-state index in [2.05, 4.69) is 4.98 Å². The molecule has 19 heavy (non-hydrogen) atoms. The first kappa shape index (κ1) is 13.5. The maximum absolute atomic E-state index is 5.88. The smallest absolute Gasteiger partial charge is 0.211 e. The van der Waals surface area contributed by atoms with Gasteiger partial charge in [0.1, 0.15) is 10.9 Å². The minimum atomic E-state index is 0.370. The molecular formula is C14H14ClNO3. The van der Waals surface area contributed by atoms with Crippen molar-refractivity contribution in [3.63, 3.8) is 0 Å². The molecule has 0 amide bonds. The fourth-order valence-corrected chi connectivity index (χ4v) is 1.77. The maximum Gasteiger partial charge on any atom is 0.211 e. The van der Waals surface area contributed by atoms with E-state index in [1.165, 1.54) is 0 Å². The second-order valence-corrected chi connectivity index (χ2v) is 4.25. The molecule has 0 saturated carbocycles. The summed E-state index contributed by atoms with van der Waals surface area (Å²) in [4.78, 5) is 3.99. The third-order valence-corrected chi connectivity index (χ3v) is 2.82. The molecule has 0 saturated heterocycles. The van der Waals surface area contributed by atoms with Gasteiger partial charge in [-0.2, -0.15) is 0 Å². The minimum absolute atomic E-state index is 0.370. The standard InChI is InChI=1S/C14H14ClNO3/c1-9-8-16-13(15)7-12(9)19-14-10(17-2)5-4-6-11(14)18-3/h4-8H,1-3H3. The molecule has 0 N–H and O–H groups in total. The molecule has 100 valence electrons. The van der Waals surface area contributed by atoms with Gasteiger partial charge in [0.05, 0.1) is 14.2 Å². The minimum Gasteiger partial charge on any atom is -0.493 e. The summed E-state index contributed by atoms with van der Waals surface area (Å²) >= 11 is 5.88.